The van der Waals surface area contributed by atoms with Crippen LogP contribution in [0.25, 0.3) is 0 Å². The van der Waals surface area contributed by atoms with Crippen molar-refractivity contribution in [1.29, 1.82) is 0 Å². The molecule has 1 heterocycles. The predicted octanol–water partition coefficient (Wildman–Crippen LogP) is -1.02. The van der Waals surface area contributed by atoms with Gasteiger partial charge in [0.2, 0.25) is 5.91 Å². The largest absolute Gasteiger partial charge is 0.375 e. The number of primary amides is 1. The molecular formula is C7H14ClN3O3. The first-order chi connectivity index (χ1) is 6.18. The van der Waals surface area contributed by atoms with Gasteiger partial charge in [-0.3, -0.25) is 10.1 Å². The fourth-order valence-corrected chi connectivity index (χ4v) is 1.15. The molecule has 0 aromatic rings. The Balaban J connectivity index is 0.00000169. The summed E-state index contributed by atoms with van der Waals surface area (Å²) in [6.07, 6.45) is 0.00347. The van der Waals surface area contributed by atoms with Crippen molar-refractivity contribution in [1.82, 2.24) is 10.6 Å². The lowest BCUT2D eigenvalue weighted by Crippen LogP contribution is -2.43. The first-order valence-corrected chi connectivity index (χ1v) is 4.10. The summed E-state index contributed by atoms with van der Waals surface area (Å²) in [6, 6.07) is -0.825. The molecule has 7 heteroatoms. The zero-order valence-electron chi connectivity index (χ0n) is 7.62. The van der Waals surface area contributed by atoms with Gasteiger partial charge in [0.25, 0.3) is 0 Å². The van der Waals surface area contributed by atoms with Crippen molar-refractivity contribution in [2.45, 2.75) is 12.5 Å². The minimum Gasteiger partial charge on any atom is -0.375 e. The fraction of sp³-hybridized carbons (Fsp3) is 0.714. The highest BCUT2D eigenvalue weighted by Gasteiger charge is 2.17. The number of halogens is 1. The van der Waals surface area contributed by atoms with Gasteiger partial charge in [-0.1, -0.05) is 0 Å². The van der Waals surface area contributed by atoms with Gasteiger partial charge in [-0.2, -0.15) is 0 Å². The van der Waals surface area contributed by atoms with E-state index in [4.69, 9.17) is 10.5 Å². The summed E-state index contributed by atoms with van der Waals surface area (Å²) < 4.78 is 5.25. The van der Waals surface area contributed by atoms with E-state index in [1.807, 2.05) is 5.32 Å². The van der Waals surface area contributed by atoms with Crippen molar-refractivity contribution in [3.8, 4) is 0 Å². The van der Waals surface area contributed by atoms with E-state index in [1.165, 1.54) is 0 Å². The first-order valence-electron chi connectivity index (χ1n) is 4.10. The molecule has 4 N–H and O–H groups in total. The maximum absolute atomic E-state index is 11.0. The molecule has 0 saturated carbocycles. The Morgan fingerprint density at radius 3 is 2.79 bits per heavy atom. The summed E-state index contributed by atoms with van der Waals surface area (Å²) in [7, 11) is 0. The van der Waals surface area contributed by atoms with E-state index >= 15 is 0 Å². The van der Waals surface area contributed by atoms with E-state index < -0.39 is 11.9 Å². The lowest BCUT2D eigenvalue weighted by Gasteiger charge is -2.22. The normalized spacial score (nSPS) is 20.7. The number of hydrogen-bond donors (Lipinski definition) is 3. The van der Waals surface area contributed by atoms with Crippen molar-refractivity contribution in [2.75, 3.05) is 19.7 Å². The van der Waals surface area contributed by atoms with E-state index in [-0.39, 0.29) is 24.9 Å². The van der Waals surface area contributed by atoms with Gasteiger partial charge in [-0.15, -0.1) is 12.4 Å². The van der Waals surface area contributed by atoms with Crippen LogP contribution in [0.5, 0.6) is 0 Å². The standard InChI is InChI=1S/C7H13N3O3.ClH/c8-7(12)10-6(11)3-5-4-9-1-2-13-5;/h5,9H,1-4H2,(H3,8,10,11,12);1H. The van der Waals surface area contributed by atoms with Crippen LogP contribution >= 0.6 is 12.4 Å². The number of carbonyl (C=O) groups is 2. The number of nitrogens with one attached hydrogen (secondary N) is 2. The van der Waals surface area contributed by atoms with Crippen molar-refractivity contribution in [3.05, 3.63) is 0 Å². The SMILES string of the molecule is Cl.NC(=O)NC(=O)CC1CNCCO1. The number of rotatable bonds is 2. The molecule has 1 atom stereocenters. The Labute approximate surface area is 88.0 Å². The van der Waals surface area contributed by atoms with Gasteiger partial charge in [-0.25, -0.2) is 4.79 Å². The molecule has 1 aliphatic rings. The van der Waals surface area contributed by atoms with Crippen LogP contribution in [0.1, 0.15) is 6.42 Å². The van der Waals surface area contributed by atoms with Gasteiger partial charge in [0, 0.05) is 13.1 Å². The quantitative estimate of drug-likeness (QED) is 0.559. The molecule has 82 valence electrons. The number of urea groups is 1. The molecule has 3 amide bonds. The Morgan fingerprint density at radius 2 is 2.29 bits per heavy atom. The van der Waals surface area contributed by atoms with Crippen LogP contribution in [-0.2, 0) is 9.53 Å². The Bertz CT molecular complexity index is 206. The molecule has 0 aromatic carbocycles. The zero-order chi connectivity index (χ0) is 9.68. The van der Waals surface area contributed by atoms with Gasteiger partial charge in [0.05, 0.1) is 19.1 Å². The third kappa shape index (κ3) is 5.00. The van der Waals surface area contributed by atoms with Gasteiger partial charge in [0.1, 0.15) is 0 Å². The van der Waals surface area contributed by atoms with Gasteiger partial charge in [-0.05, 0) is 0 Å². The number of imide groups is 1. The highest BCUT2D eigenvalue weighted by Crippen LogP contribution is 2.00. The summed E-state index contributed by atoms with van der Waals surface area (Å²) >= 11 is 0. The van der Waals surface area contributed by atoms with E-state index in [9.17, 15) is 9.59 Å². The Kier molecular flexibility index (Phi) is 6.18. The number of ether oxygens (including phenoxy) is 1. The van der Waals surface area contributed by atoms with Crippen LogP contribution in [0.4, 0.5) is 4.79 Å². The van der Waals surface area contributed by atoms with Crippen molar-refractivity contribution >= 4 is 24.3 Å². The van der Waals surface area contributed by atoms with Gasteiger partial charge >= 0.3 is 6.03 Å². The van der Waals surface area contributed by atoms with Crippen LogP contribution in [-0.4, -0.2) is 37.7 Å². The molecule has 0 bridgehead atoms. The highest BCUT2D eigenvalue weighted by atomic mass is 35.5. The number of nitrogens with two attached hydrogens (primary N) is 1. The summed E-state index contributed by atoms with van der Waals surface area (Å²) in [5.41, 5.74) is 4.77. The zero-order valence-corrected chi connectivity index (χ0v) is 8.43. The molecule has 1 unspecified atom stereocenters. The van der Waals surface area contributed by atoms with Crippen LogP contribution in [0.3, 0.4) is 0 Å². The Morgan fingerprint density at radius 1 is 1.57 bits per heavy atom. The van der Waals surface area contributed by atoms with E-state index in [2.05, 4.69) is 5.32 Å². The van der Waals surface area contributed by atoms with Crippen molar-refractivity contribution in [3.63, 3.8) is 0 Å². The smallest absolute Gasteiger partial charge is 0.318 e. The van der Waals surface area contributed by atoms with E-state index in [0.717, 1.165) is 6.54 Å². The second kappa shape index (κ2) is 6.58. The summed E-state index contributed by atoms with van der Waals surface area (Å²) in [6.45, 7) is 2.02. The molecule has 1 rings (SSSR count). The van der Waals surface area contributed by atoms with Crippen LogP contribution < -0.4 is 16.4 Å². The molecular weight excluding hydrogens is 210 g/mol. The molecule has 6 nitrogen and oxygen atoms in total. The molecule has 0 radical (unpaired) electrons. The summed E-state index contributed by atoms with van der Waals surface area (Å²) in [5, 5.41) is 5.05. The number of amides is 3. The third-order valence-corrected chi connectivity index (χ3v) is 1.68. The van der Waals surface area contributed by atoms with Crippen LogP contribution in [0.15, 0.2) is 0 Å². The molecule has 0 aliphatic carbocycles. The lowest BCUT2D eigenvalue weighted by molar-refractivity contribution is -0.123. The van der Waals surface area contributed by atoms with Gasteiger partial charge in [0.15, 0.2) is 0 Å². The second-order valence-corrected chi connectivity index (χ2v) is 2.81. The summed E-state index contributed by atoms with van der Waals surface area (Å²) in [5.74, 6) is -0.402. The molecule has 1 aliphatic heterocycles. The molecule has 14 heavy (non-hydrogen) atoms. The minimum absolute atomic E-state index is 0. The summed E-state index contributed by atoms with van der Waals surface area (Å²) in [4.78, 5) is 21.3. The fourth-order valence-electron chi connectivity index (χ4n) is 1.15. The van der Waals surface area contributed by atoms with Crippen molar-refractivity contribution < 1.29 is 14.3 Å². The number of morpholine rings is 1. The van der Waals surface area contributed by atoms with E-state index in [1.54, 1.807) is 0 Å². The maximum Gasteiger partial charge on any atom is 0.318 e. The predicted molar refractivity (Wildman–Crippen MR) is 52.2 cm³/mol. The lowest BCUT2D eigenvalue weighted by atomic mass is 10.2. The average Bonchev–Trinajstić information content (AvgIpc) is 2.04. The topological polar surface area (TPSA) is 93.5 Å². The van der Waals surface area contributed by atoms with Crippen LogP contribution in [0.2, 0.25) is 0 Å². The Hall–Kier alpha value is -0.850. The number of carbonyl (C=O) groups excluding carboxylic acids is 2. The highest BCUT2D eigenvalue weighted by molar-refractivity contribution is 5.93. The van der Waals surface area contributed by atoms with Crippen LogP contribution in [0, 0.1) is 0 Å². The first kappa shape index (κ1) is 13.2. The average molecular weight is 224 g/mol. The minimum atomic E-state index is -0.825. The molecule has 1 saturated heterocycles. The van der Waals surface area contributed by atoms with Crippen molar-refractivity contribution in [2.24, 2.45) is 5.73 Å². The molecule has 0 aromatic heterocycles. The molecule has 0 spiro atoms. The monoisotopic (exact) mass is 223 g/mol. The second-order valence-electron chi connectivity index (χ2n) is 2.81. The van der Waals surface area contributed by atoms with E-state index in [0.29, 0.717) is 13.2 Å². The number of hydrogen-bond acceptors (Lipinski definition) is 4. The maximum atomic E-state index is 11.0. The molecule has 1 fully saturated rings. The third-order valence-electron chi connectivity index (χ3n) is 1.68. The van der Waals surface area contributed by atoms with Gasteiger partial charge < -0.3 is 15.8 Å².